The van der Waals surface area contributed by atoms with Crippen molar-refractivity contribution in [1.29, 1.82) is 0 Å². The van der Waals surface area contributed by atoms with E-state index < -0.39 is 5.97 Å². The molecule has 0 aromatic rings. The second kappa shape index (κ2) is 9.15. The third kappa shape index (κ3) is 4.72. The Morgan fingerprint density at radius 1 is 1.21 bits per heavy atom. The van der Waals surface area contributed by atoms with Crippen LogP contribution in [0.4, 0.5) is 0 Å². The van der Waals surface area contributed by atoms with E-state index in [-0.39, 0.29) is 6.10 Å². The zero-order chi connectivity index (χ0) is 20.3. The van der Waals surface area contributed by atoms with Crippen LogP contribution in [0.15, 0.2) is 23.3 Å². The first-order valence-electron chi connectivity index (χ1n) is 11.6. The SMILES string of the molecule is CC1CCC(O)C/C1=C/C=C1\CCC[C@@]2(C)[C@@H]1CC[C@@H]2[C@H](C)CCCC(=O)O. The summed E-state index contributed by atoms with van der Waals surface area (Å²) in [6, 6.07) is 0. The van der Waals surface area contributed by atoms with Crippen LogP contribution in [0, 0.1) is 29.1 Å². The summed E-state index contributed by atoms with van der Waals surface area (Å²) in [6.45, 7) is 7.16. The number of hydrogen-bond donors (Lipinski definition) is 2. The van der Waals surface area contributed by atoms with Gasteiger partial charge in [-0.25, -0.2) is 0 Å². The van der Waals surface area contributed by atoms with Gasteiger partial charge in [-0.15, -0.1) is 0 Å². The van der Waals surface area contributed by atoms with E-state index in [4.69, 9.17) is 5.11 Å². The van der Waals surface area contributed by atoms with Crippen LogP contribution < -0.4 is 0 Å². The lowest BCUT2D eigenvalue weighted by molar-refractivity contribution is -0.137. The number of carboxylic acids is 1. The predicted molar refractivity (Wildman–Crippen MR) is 114 cm³/mol. The zero-order valence-electron chi connectivity index (χ0n) is 18.1. The van der Waals surface area contributed by atoms with E-state index in [1.165, 1.54) is 37.7 Å². The van der Waals surface area contributed by atoms with Crippen molar-refractivity contribution >= 4 is 5.97 Å². The highest BCUT2D eigenvalue weighted by Gasteiger charge is 2.50. The molecule has 158 valence electrons. The van der Waals surface area contributed by atoms with Gasteiger partial charge in [-0.2, -0.15) is 0 Å². The van der Waals surface area contributed by atoms with Crippen LogP contribution in [-0.2, 0) is 4.79 Å². The molecule has 2 N–H and O–H groups in total. The van der Waals surface area contributed by atoms with Crippen LogP contribution in [0.2, 0.25) is 0 Å². The number of hydrogen-bond acceptors (Lipinski definition) is 2. The van der Waals surface area contributed by atoms with Gasteiger partial charge in [0.2, 0.25) is 0 Å². The fourth-order valence-corrected chi connectivity index (χ4v) is 6.64. The van der Waals surface area contributed by atoms with Gasteiger partial charge < -0.3 is 10.2 Å². The van der Waals surface area contributed by atoms with Crippen molar-refractivity contribution in [1.82, 2.24) is 0 Å². The maximum atomic E-state index is 10.9. The molecule has 0 bridgehead atoms. The Bertz CT molecular complexity index is 619. The minimum Gasteiger partial charge on any atom is -0.481 e. The van der Waals surface area contributed by atoms with Gasteiger partial charge in [0, 0.05) is 6.42 Å². The molecule has 3 aliphatic rings. The standard InChI is InChI=1S/C25H40O3/c1-17-9-12-21(26)16-20(17)11-10-19-7-5-15-25(3)22(13-14-23(19)25)18(2)6-4-8-24(27)28/h10-11,17-18,21-23,26H,4-9,12-16H2,1-3H3,(H,27,28)/b19-10+,20-11-/t17?,18-,21?,22-,23-,25-/m1/s1. The average molecular weight is 389 g/mol. The van der Waals surface area contributed by atoms with Gasteiger partial charge in [0.15, 0.2) is 0 Å². The number of rotatable bonds is 6. The van der Waals surface area contributed by atoms with Gasteiger partial charge in [0.1, 0.15) is 0 Å². The molecule has 3 nitrogen and oxygen atoms in total. The lowest BCUT2D eigenvalue weighted by atomic mass is 9.60. The minimum atomic E-state index is -0.666. The summed E-state index contributed by atoms with van der Waals surface area (Å²) in [5.41, 5.74) is 3.44. The van der Waals surface area contributed by atoms with Crippen LogP contribution in [0.1, 0.15) is 91.4 Å². The first kappa shape index (κ1) is 21.6. The molecule has 3 fully saturated rings. The van der Waals surface area contributed by atoms with Gasteiger partial charge in [-0.1, -0.05) is 44.1 Å². The van der Waals surface area contributed by atoms with Crippen molar-refractivity contribution in [3.8, 4) is 0 Å². The minimum absolute atomic E-state index is 0.153. The van der Waals surface area contributed by atoms with E-state index in [0.717, 1.165) is 38.0 Å². The highest BCUT2D eigenvalue weighted by atomic mass is 16.4. The number of fused-ring (bicyclic) bond motifs is 1. The second-order valence-electron chi connectivity index (χ2n) is 10.2. The van der Waals surface area contributed by atoms with Gasteiger partial charge in [0.05, 0.1) is 6.10 Å². The lowest BCUT2D eigenvalue weighted by Crippen LogP contribution is -2.36. The number of carbonyl (C=O) groups is 1. The highest BCUT2D eigenvalue weighted by Crippen LogP contribution is 2.59. The van der Waals surface area contributed by atoms with Crippen LogP contribution in [0.25, 0.3) is 0 Å². The molecule has 3 heteroatoms. The van der Waals surface area contributed by atoms with E-state index >= 15 is 0 Å². The normalized spacial score (nSPS) is 39.9. The molecule has 6 atom stereocenters. The number of allylic oxidation sites excluding steroid dienone is 3. The van der Waals surface area contributed by atoms with E-state index in [9.17, 15) is 9.90 Å². The molecule has 2 unspecified atom stereocenters. The number of aliphatic hydroxyl groups excluding tert-OH is 1. The Hall–Kier alpha value is -1.09. The van der Waals surface area contributed by atoms with Crippen LogP contribution >= 0.6 is 0 Å². The molecule has 0 aromatic carbocycles. The van der Waals surface area contributed by atoms with Crippen molar-refractivity contribution in [2.75, 3.05) is 0 Å². The molecule has 0 heterocycles. The third-order valence-corrected chi connectivity index (χ3v) is 8.32. The maximum Gasteiger partial charge on any atom is 0.303 e. The Morgan fingerprint density at radius 2 is 1.96 bits per heavy atom. The monoisotopic (exact) mass is 388 g/mol. The summed E-state index contributed by atoms with van der Waals surface area (Å²) < 4.78 is 0. The predicted octanol–water partition coefficient (Wildman–Crippen LogP) is 6.13. The fourth-order valence-electron chi connectivity index (χ4n) is 6.64. The fraction of sp³-hybridized carbons (Fsp3) is 0.800. The maximum absolute atomic E-state index is 10.9. The second-order valence-corrected chi connectivity index (χ2v) is 10.2. The van der Waals surface area contributed by atoms with E-state index in [2.05, 4.69) is 32.9 Å². The summed E-state index contributed by atoms with van der Waals surface area (Å²) in [7, 11) is 0. The topological polar surface area (TPSA) is 57.5 Å². The summed E-state index contributed by atoms with van der Waals surface area (Å²) in [6.07, 6.45) is 16.0. The first-order chi connectivity index (χ1) is 13.3. The van der Waals surface area contributed by atoms with Gasteiger partial charge in [-0.05, 0) is 93.3 Å². The third-order valence-electron chi connectivity index (χ3n) is 8.32. The first-order valence-corrected chi connectivity index (χ1v) is 11.6. The van der Waals surface area contributed by atoms with Crippen molar-refractivity contribution in [3.05, 3.63) is 23.3 Å². The number of carboxylic acid groups (broad SMARTS) is 1. The van der Waals surface area contributed by atoms with E-state index in [1.807, 2.05) is 0 Å². The quantitative estimate of drug-likeness (QED) is 0.575. The van der Waals surface area contributed by atoms with Crippen molar-refractivity contribution in [3.63, 3.8) is 0 Å². The molecule has 0 radical (unpaired) electrons. The smallest absolute Gasteiger partial charge is 0.303 e. The molecule has 0 saturated heterocycles. The van der Waals surface area contributed by atoms with Crippen LogP contribution in [-0.4, -0.2) is 22.3 Å². The summed E-state index contributed by atoms with van der Waals surface area (Å²) >= 11 is 0. The highest BCUT2D eigenvalue weighted by molar-refractivity contribution is 5.66. The summed E-state index contributed by atoms with van der Waals surface area (Å²) in [4.78, 5) is 10.9. The van der Waals surface area contributed by atoms with Gasteiger partial charge in [-0.3, -0.25) is 4.79 Å². The van der Waals surface area contributed by atoms with Gasteiger partial charge >= 0.3 is 5.97 Å². The van der Waals surface area contributed by atoms with Crippen LogP contribution in [0.5, 0.6) is 0 Å². The summed E-state index contributed by atoms with van der Waals surface area (Å²) in [5.74, 6) is 1.95. The van der Waals surface area contributed by atoms with E-state index in [0.29, 0.717) is 29.6 Å². The molecule has 0 aromatic heterocycles. The van der Waals surface area contributed by atoms with Crippen molar-refractivity contribution < 1.29 is 15.0 Å². The molecule has 28 heavy (non-hydrogen) atoms. The van der Waals surface area contributed by atoms with E-state index in [1.54, 1.807) is 5.57 Å². The molecular formula is C25H40O3. The van der Waals surface area contributed by atoms with Crippen molar-refractivity contribution in [2.45, 2.75) is 97.5 Å². The largest absolute Gasteiger partial charge is 0.481 e. The Balaban J connectivity index is 1.70. The number of aliphatic carboxylic acids is 1. The Morgan fingerprint density at radius 3 is 2.71 bits per heavy atom. The molecule has 3 aliphatic carbocycles. The summed E-state index contributed by atoms with van der Waals surface area (Å²) in [5, 5.41) is 19.0. The molecule has 3 saturated carbocycles. The Kier molecular flexibility index (Phi) is 7.07. The molecule has 0 amide bonds. The Labute approximate surface area is 171 Å². The lowest BCUT2D eigenvalue weighted by Gasteiger charge is -2.44. The van der Waals surface area contributed by atoms with Gasteiger partial charge in [0.25, 0.3) is 0 Å². The number of aliphatic hydroxyl groups is 1. The zero-order valence-corrected chi connectivity index (χ0v) is 18.1. The molecule has 3 rings (SSSR count). The molecular weight excluding hydrogens is 348 g/mol. The average Bonchev–Trinajstić information content (AvgIpc) is 2.99. The molecule has 0 aliphatic heterocycles. The molecule has 0 spiro atoms. The van der Waals surface area contributed by atoms with Crippen molar-refractivity contribution in [2.24, 2.45) is 29.1 Å². The van der Waals surface area contributed by atoms with Crippen LogP contribution in [0.3, 0.4) is 0 Å².